The number of halogens is 1. The Morgan fingerprint density at radius 2 is 2.05 bits per heavy atom. The van der Waals surface area contributed by atoms with E-state index in [1.165, 1.54) is 0 Å². The molecule has 0 bridgehead atoms. The summed E-state index contributed by atoms with van der Waals surface area (Å²) in [6.07, 6.45) is 1.52. The van der Waals surface area contributed by atoms with Crippen molar-refractivity contribution in [3.63, 3.8) is 0 Å². The molecule has 0 aromatic carbocycles. The van der Waals surface area contributed by atoms with Gasteiger partial charge in [-0.25, -0.2) is 0 Å². The van der Waals surface area contributed by atoms with Crippen LogP contribution in [0.25, 0.3) is 0 Å². The van der Waals surface area contributed by atoms with Gasteiger partial charge >= 0.3 is 0 Å². The van der Waals surface area contributed by atoms with Crippen LogP contribution in [0.2, 0.25) is 0 Å². The molecule has 0 radical (unpaired) electrons. The highest BCUT2D eigenvalue weighted by atomic mass is 127. The Morgan fingerprint density at radius 1 is 1.43 bits per heavy atom. The molecule has 1 saturated heterocycles. The smallest absolute Gasteiger partial charge is 0.193 e. The molecular weight excluding hydrogens is 397 g/mol. The summed E-state index contributed by atoms with van der Waals surface area (Å²) in [7, 11) is 1.82. The molecule has 0 aromatic heterocycles. The Morgan fingerprint density at radius 3 is 2.52 bits per heavy atom. The summed E-state index contributed by atoms with van der Waals surface area (Å²) >= 11 is 2.06. The van der Waals surface area contributed by atoms with E-state index in [-0.39, 0.29) is 24.0 Å². The van der Waals surface area contributed by atoms with Crippen LogP contribution in [0.15, 0.2) is 4.99 Å². The number of nitrogens with zero attached hydrogens (tertiary/aromatic N) is 2. The number of guanidine groups is 1. The first-order valence-electron chi connectivity index (χ1n) is 7.75. The van der Waals surface area contributed by atoms with E-state index < -0.39 is 5.60 Å². The van der Waals surface area contributed by atoms with Gasteiger partial charge in [-0.1, -0.05) is 27.7 Å². The van der Waals surface area contributed by atoms with Crippen molar-refractivity contribution >= 4 is 41.7 Å². The topological polar surface area (TPSA) is 47.9 Å². The van der Waals surface area contributed by atoms with Gasteiger partial charge in [0.2, 0.25) is 0 Å². The lowest BCUT2D eigenvalue weighted by atomic mass is 9.98. The second kappa shape index (κ2) is 10.2. The van der Waals surface area contributed by atoms with Gasteiger partial charge in [-0.3, -0.25) is 4.99 Å². The summed E-state index contributed by atoms with van der Waals surface area (Å²) in [4.78, 5) is 6.71. The van der Waals surface area contributed by atoms with Gasteiger partial charge in [0.25, 0.3) is 0 Å². The highest BCUT2D eigenvalue weighted by Crippen LogP contribution is 2.25. The largest absolute Gasteiger partial charge is 0.388 e. The van der Waals surface area contributed by atoms with Crippen LogP contribution < -0.4 is 5.32 Å². The van der Waals surface area contributed by atoms with E-state index in [4.69, 9.17) is 0 Å². The number of hydrogen-bond acceptors (Lipinski definition) is 3. The molecule has 1 heterocycles. The molecule has 1 aliphatic heterocycles. The molecule has 6 heteroatoms. The lowest BCUT2D eigenvalue weighted by molar-refractivity contribution is 0.0362. The number of nitrogens with one attached hydrogen (secondary N) is 1. The first kappa shape index (κ1) is 21.3. The molecule has 1 atom stereocenters. The Kier molecular flexibility index (Phi) is 10.3. The van der Waals surface area contributed by atoms with Crippen LogP contribution in [0.4, 0.5) is 0 Å². The fourth-order valence-corrected chi connectivity index (χ4v) is 3.65. The van der Waals surface area contributed by atoms with E-state index in [2.05, 4.69) is 40.8 Å². The van der Waals surface area contributed by atoms with E-state index in [1.807, 2.05) is 20.9 Å². The van der Waals surface area contributed by atoms with E-state index in [9.17, 15) is 5.11 Å². The molecule has 126 valence electrons. The predicted octanol–water partition coefficient (Wildman–Crippen LogP) is 2.80. The molecule has 1 unspecified atom stereocenters. The van der Waals surface area contributed by atoms with Gasteiger partial charge in [-0.05, 0) is 18.8 Å². The number of thioether (sulfide) groups is 1. The molecule has 0 aromatic rings. The standard InChI is InChI=1S/C15H31N3OS.HI/c1-6-15(19,7-2)11-17-14(16-5)18-8-9-20-13(10-18)12(3)4;/h12-13,19H,6-11H2,1-5H3,(H,16,17);1H. The van der Waals surface area contributed by atoms with Gasteiger partial charge in [-0.15, -0.1) is 24.0 Å². The Labute approximate surface area is 151 Å². The molecule has 4 nitrogen and oxygen atoms in total. The summed E-state index contributed by atoms with van der Waals surface area (Å²) in [6.45, 7) is 11.3. The van der Waals surface area contributed by atoms with E-state index >= 15 is 0 Å². The maximum atomic E-state index is 10.4. The maximum absolute atomic E-state index is 10.4. The maximum Gasteiger partial charge on any atom is 0.193 e. The van der Waals surface area contributed by atoms with Crippen molar-refractivity contribution < 1.29 is 5.11 Å². The van der Waals surface area contributed by atoms with Crippen LogP contribution in [0.1, 0.15) is 40.5 Å². The highest BCUT2D eigenvalue weighted by Gasteiger charge is 2.27. The Hall–Kier alpha value is 0.310. The van der Waals surface area contributed by atoms with Crippen molar-refractivity contribution in [1.82, 2.24) is 10.2 Å². The molecule has 1 aliphatic rings. The van der Waals surface area contributed by atoms with Crippen molar-refractivity contribution in [1.29, 1.82) is 0 Å². The van der Waals surface area contributed by atoms with Gasteiger partial charge in [0.15, 0.2) is 5.96 Å². The van der Waals surface area contributed by atoms with Gasteiger partial charge in [0, 0.05) is 37.7 Å². The lowest BCUT2D eigenvalue weighted by Crippen LogP contribution is -2.52. The number of rotatable bonds is 5. The van der Waals surface area contributed by atoms with Gasteiger partial charge < -0.3 is 15.3 Å². The van der Waals surface area contributed by atoms with Crippen molar-refractivity contribution in [2.45, 2.75) is 51.4 Å². The zero-order chi connectivity index (χ0) is 15.2. The molecule has 0 saturated carbocycles. The van der Waals surface area contributed by atoms with Gasteiger partial charge in [0.1, 0.15) is 0 Å². The Bertz CT molecular complexity index is 322. The van der Waals surface area contributed by atoms with Crippen LogP contribution in [0.3, 0.4) is 0 Å². The predicted molar refractivity (Wildman–Crippen MR) is 105 cm³/mol. The molecular formula is C15H32IN3OS. The van der Waals surface area contributed by atoms with Crippen LogP contribution in [-0.2, 0) is 0 Å². The fraction of sp³-hybridized carbons (Fsp3) is 0.933. The summed E-state index contributed by atoms with van der Waals surface area (Å²) in [6, 6.07) is 0. The number of hydrogen-bond donors (Lipinski definition) is 2. The first-order chi connectivity index (χ1) is 9.45. The third-order valence-electron chi connectivity index (χ3n) is 4.24. The fourth-order valence-electron chi connectivity index (χ4n) is 2.35. The van der Waals surface area contributed by atoms with Crippen molar-refractivity contribution in [3.8, 4) is 0 Å². The third-order valence-corrected chi connectivity index (χ3v) is 5.78. The van der Waals surface area contributed by atoms with Crippen molar-refractivity contribution in [2.24, 2.45) is 10.9 Å². The van der Waals surface area contributed by atoms with Crippen molar-refractivity contribution in [2.75, 3.05) is 32.4 Å². The monoisotopic (exact) mass is 429 g/mol. The highest BCUT2D eigenvalue weighted by molar-refractivity contribution is 14.0. The summed E-state index contributed by atoms with van der Waals surface area (Å²) in [5.41, 5.74) is -0.627. The molecule has 0 spiro atoms. The summed E-state index contributed by atoms with van der Waals surface area (Å²) < 4.78 is 0. The molecule has 0 amide bonds. The average molecular weight is 429 g/mol. The van der Waals surface area contributed by atoms with Crippen LogP contribution in [0.5, 0.6) is 0 Å². The van der Waals surface area contributed by atoms with Crippen LogP contribution >= 0.6 is 35.7 Å². The molecule has 2 N–H and O–H groups in total. The number of aliphatic hydroxyl groups is 1. The Balaban J connectivity index is 0.00000400. The minimum absolute atomic E-state index is 0. The minimum atomic E-state index is -0.627. The molecule has 1 rings (SSSR count). The third kappa shape index (κ3) is 6.52. The zero-order valence-electron chi connectivity index (χ0n) is 14.1. The molecule has 0 aliphatic carbocycles. The second-order valence-corrected chi connectivity index (χ2v) is 7.28. The summed E-state index contributed by atoms with van der Waals surface area (Å²) in [5, 5.41) is 14.4. The second-order valence-electron chi connectivity index (χ2n) is 5.93. The van der Waals surface area contributed by atoms with Crippen LogP contribution in [-0.4, -0.2) is 59.3 Å². The average Bonchev–Trinajstić information content (AvgIpc) is 2.48. The SMILES string of the molecule is CCC(O)(CC)CNC(=NC)N1CCSC(C(C)C)C1.I. The summed E-state index contributed by atoms with van der Waals surface area (Å²) in [5.74, 6) is 2.76. The first-order valence-corrected chi connectivity index (χ1v) is 8.80. The normalized spacial score (nSPS) is 20.4. The quantitative estimate of drug-likeness (QED) is 0.401. The molecule has 21 heavy (non-hydrogen) atoms. The van der Waals surface area contributed by atoms with Crippen LogP contribution in [0, 0.1) is 5.92 Å². The number of aliphatic imine (C=N–C) groups is 1. The minimum Gasteiger partial charge on any atom is -0.388 e. The van der Waals surface area contributed by atoms with E-state index in [0.29, 0.717) is 17.7 Å². The zero-order valence-corrected chi connectivity index (χ0v) is 17.2. The van der Waals surface area contributed by atoms with Gasteiger partial charge in [-0.2, -0.15) is 11.8 Å². The van der Waals surface area contributed by atoms with E-state index in [0.717, 1.165) is 37.6 Å². The molecule has 1 fully saturated rings. The lowest BCUT2D eigenvalue weighted by Gasteiger charge is -2.37. The van der Waals surface area contributed by atoms with Gasteiger partial charge in [0.05, 0.1) is 5.60 Å². The van der Waals surface area contributed by atoms with E-state index in [1.54, 1.807) is 0 Å². The van der Waals surface area contributed by atoms with Crippen molar-refractivity contribution in [3.05, 3.63) is 0 Å².